The first-order valence-corrected chi connectivity index (χ1v) is 9.50. The average Bonchev–Trinajstić information content (AvgIpc) is 3.21. The number of halogens is 1. The predicted octanol–water partition coefficient (Wildman–Crippen LogP) is 2.79. The first-order valence-electron chi connectivity index (χ1n) is 8.70. The van der Waals surface area contributed by atoms with Gasteiger partial charge in [-0.05, 0) is 40.3 Å². The molecule has 2 N–H and O–H groups in total. The van der Waals surface area contributed by atoms with Crippen molar-refractivity contribution >= 4 is 33.3 Å². The maximum absolute atomic E-state index is 12.6. The maximum atomic E-state index is 12.6. The number of aromatic nitrogens is 6. The second kappa shape index (κ2) is 6.84. The SMILES string of the molecule is O=c1[nH]nc(-c2ccc([N+](=O)[O-])cc2)c2c1Nc1nnnn1[C@@H]2c1cccc(Br)c1. The maximum Gasteiger partial charge on any atom is 0.288 e. The van der Waals surface area contributed by atoms with Crippen LogP contribution in [-0.4, -0.2) is 35.3 Å². The van der Waals surface area contributed by atoms with Gasteiger partial charge >= 0.3 is 0 Å². The van der Waals surface area contributed by atoms with E-state index < -0.39 is 16.5 Å². The molecule has 1 atom stereocenters. The number of nitro groups is 1. The van der Waals surface area contributed by atoms with E-state index in [0.29, 0.717) is 22.8 Å². The number of tetrazole rings is 1. The molecule has 4 aromatic rings. The van der Waals surface area contributed by atoms with Crippen LogP contribution in [0.4, 0.5) is 17.3 Å². The zero-order chi connectivity index (χ0) is 20.8. The molecular formula is C18H11BrN8O3. The molecule has 3 heterocycles. The van der Waals surface area contributed by atoms with E-state index in [1.165, 1.54) is 12.1 Å². The first kappa shape index (κ1) is 18.1. The van der Waals surface area contributed by atoms with E-state index in [1.807, 2.05) is 24.3 Å². The van der Waals surface area contributed by atoms with Gasteiger partial charge in [0, 0.05) is 27.7 Å². The highest BCUT2D eigenvalue weighted by Gasteiger charge is 2.34. The molecule has 148 valence electrons. The zero-order valence-corrected chi connectivity index (χ0v) is 16.6. The Labute approximate surface area is 176 Å². The Hall–Kier alpha value is -3.93. The van der Waals surface area contributed by atoms with Crippen LogP contribution in [0.25, 0.3) is 11.3 Å². The third-order valence-electron chi connectivity index (χ3n) is 4.78. The van der Waals surface area contributed by atoms with Crippen molar-refractivity contribution in [2.45, 2.75) is 6.04 Å². The Balaban J connectivity index is 1.78. The van der Waals surface area contributed by atoms with E-state index in [2.05, 4.69) is 47.0 Å². The lowest BCUT2D eigenvalue weighted by Crippen LogP contribution is -2.29. The van der Waals surface area contributed by atoms with Gasteiger partial charge in [-0.1, -0.05) is 33.2 Å². The summed E-state index contributed by atoms with van der Waals surface area (Å²) < 4.78 is 2.42. The van der Waals surface area contributed by atoms with Crippen LogP contribution < -0.4 is 10.9 Å². The Morgan fingerprint density at radius 3 is 2.70 bits per heavy atom. The van der Waals surface area contributed by atoms with Gasteiger partial charge < -0.3 is 5.32 Å². The summed E-state index contributed by atoms with van der Waals surface area (Å²) in [4.78, 5) is 23.1. The number of benzene rings is 2. The van der Waals surface area contributed by atoms with E-state index in [9.17, 15) is 14.9 Å². The van der Waals surface area contributed by atoms with E-state index in [0.717, 1.165) is 10.0 Å². The van der Waals surface area contributed by atoms with Gasteiger partial charge in [-0.25, -0.2) is 5.10 Å². The number of aromatic amines is 1. The van der Waals surface area contributed by atoms with Gasteiger partial charge in [0.15, 0.2) is 0 Å². The monoisotopic (exact) mass is 466 g/mol. The molecule has 11 nitrogen and oxygen atoms in total. The van der Waals surface area contributed by atoms with Crippen LogP contribution in [0.5, 0.6) is 0 Å². The largest absolute Gasteiger partial charge is 0.318 e. The molecule has 0 fully saturated rings. The summed E-state index contributed by atoms with van der Waals surface area (Å²) in [6, 6.07) is 13.0. The predicted molar refractivity (Wildman–Crippen MR) is 109 cm³/mol. The summed E-state index contributed by atoms with van der Waals surface area (Å²) in [5.41, 5.74) is 2.25. The number of hydrogen-bond donors (Lipinski definition) is 2. The summed E-state index contributed by atoms with van der Waals surface area (Å²) in [7, 11) is 0. The van der Waals surface area contributed by atoms with Crippen LogP contribution in [-0.2, 0) is 0 Å². The smallest absolute Gasteiger partial charge is 0.288 e. The molecule has 0 aliphatic carbocycles. The topological polar surface area (TPSA) is 145 Å². The van der Waals surface area contributed by atoms with Crippen molar-refractivity contribution in [2.24, 2.45) is 0 Å². The van der Waals surface area contributed by atoms with Crippen LogP contribution in [0.1, 0.15) is 17.2 Å². The molecular weight excluding hydrogens is 456 g/mol. The quantitative estimate of drug-likeness (QED) is 0.305. The fourth-order valence-corrected chi connectivity index (χ4v) is 3.90. The number of nitrogens with zero attached hydrogens (tertiary/aromatic N) is 6. The number of fused-ring (bicyclic) bond motifs is 2. The van der Waals surface area contributed by atoms with Crippen molar-refractivity contribution in [2.75, 3.05) is 5.32 Å². The van der Waals surface area contributed by atoms with Crippen molar-refractivity contribution in [3.63, 3.8) is 0 Å². The number of hydrogen-bond acceptors (Lipinski definition) is 8. The minimum Gasteiger partial charge on any atom is -0.318 e. The zero-order valence-electron chi connectivity index (χ0n) is 15.0. The Kier molecular flexibility index (Phi) is 4.13. The molecule has 0 bridgehead atoms. The Morgan fingerprint density at radius 1 is 1.17 bits per heavy atom. The van der Waals surface area contributed by atoms with Gasteiger partial charge in [0.25, 0.3) is 11.2 Å². The number of anilines is 2. The standard InChI is InChI=1S/C18H11BrN8O3/c19-11-3-1-2-10(8-11)16-13-14(9-4-6-12(7-5-9)27(29)30)21-22-17(28)15(13)20-18-23-24-25-26(16)18/h1-8,16H,(H,22,28)(H,20,23,25)/t16-/m1/s1. The molecule has 2 aromatic carbocycles. The molecule has 0 saturated heterocycles. The first-order chi connectivity index (χ1) is 14.5. The van der Waals surface area contributed by atoms with Crippen LogP contribution >= 0.6 is 15.9 Å². The average molecular weight is 467 g/mol. The molecule has 1 aliphatic rings. The fourth-order valence-electron chi connectivity index (χ4n) is 3.48. The van der Waals surface area contributed by atoms with Gasteiger partial charge in [0.05, 0.1) is 10.6 Å². The number of non-ortho nitro benzene ring substituents is 1. The van der Waals surface area contributed by atoms with Crippen LogP contribution in [0.2, 0.25) is 0 Å². The lowest BCUT2D eigenvalue weighted by molar-refractivity contribution is -0.384. The molecule has 5 rings (SSSR count). The molecule has 0 saturated carbocycles. The van der Waals surface area contributed by atoms with Crippen LogP contribution in [0, 0.1) is 10.1 Å². The molecule has 1 aliphatic heterocycles. The van der Waals surface area contributed by atoms with Gasteiger partial charge in [-0.3, -0.25) is 14.9 Å². The van der Waals surface area contributed by atoms with Crippen molar-refractivity contribution in [3.8, 4) is 11.3 Å². The third kappa shape index (κ3) is 2.85. The van der Waals surface area contributed by atoms with Crippen molar-refractivity contribution in [1.29, 1.82) is 0 Å². The number of rotatable bonds is 3. The number of H-pyrrole nitrogens is 1. The van der Waals surface area contributed by atoms with Crippen LogP contribution in [0.3, 0.4) is 0 Å². The van der Waals surface area contributed by atoms with Gasteiger partial charge in [-0.2, -0.15) is 9.78 Å². The summed E-state index contributed by atoms with van der Waals surface area (Å²) >= 11 is 3.47. The van der Waals surface area contributed by atoms with Crippen molar-refractivity contribution < 1.29 is 4.92 Å². The third-order valence-corrected chi connectivity index (χ3v) is 5.28. The molecule has 2 aromatic heterocycles. The van der Waals surface area contributed by atoms with Crippen LogP contribution in [0.15, 0.2) is 57.8 Å². The highest BCUT2D eigenvalue weighted by Crippen LogP contribution is 2.41. The fraction of sp³-hybridized carbons (Fsp3) is 0.0556. The van der Waals surface area contributed by atoms with Crippen molar-refractivity contribution in [1.82, 2.24) is 30.4 Å². The lowest BCUT2D eigenvalue weighted by atomic mass is 9.92. The summed E-state index contributed by atoms with van der Waals surface area (Å²) in [5.74, 6) is 0.318. The molecule has 30 heavy (non-hydrogen) atoms. The molecule has 0 spiro atoms. The summed E-state index contributed by atoms with van der Waals surface area (Å²) in [5, 5.41) is 32.5. The molecule has 0 radical (unpaired) electrons. The molecule has 12 heteroatoms. The highest BCUT2D eigenvalue weighted by atomic mass is 79.9. The normalized spacial score (nSPS) is 14.5. The summed E-state index contributed by atoms with van der Waals surface area (Å²) in [6.07, 6.45) is 0. The van der Waals surface area contributed by atoms with E-state index in [-0.39, 0.29) is 11.4 Å². The van der Waals surface area contributed by atoms with Gasteiger partial charge in [0.1, 0.15) is 11.7 Å². The highest BCUT2D eigenvalue weighted by molar-refractivity contribution is 9.10. The number of nitrogens with one attached hydrogen (secondary N) is 2. The van der Waals surface area contributed by atoms with Crippen molar-refractivity contribution in [3.05, 3.63) is 84.6 Å². The second-order valence-corrected chi connectivity index (χ2v) is 7.44. The minimum atomic E-state index is -0.538. The number of nitro benzene ring substituents is 1. The molecule has 0 amide bonds. The minimum absolute atomic E-state index is 0.0403. The Bertz CT molecular complexity index is 1350. The second-order valence-electron chi connectivity index (χ2n) is 6.52. The lowest BCUT2D eigenvalue weighted by Gasteiger charge is -2.27. The van der Waals surface area contributed by atoms with Gasteiger partial charge in [0.2, 0.25) is 5.95 Å². The molecule has 0 unspecified atom stereocenters. The Morgan fingerprint density at radius 2 is 1.97 bits per heavy atom. The van der Waals surface area contributed by atoms with E-state index in [4.69, 9.17) is 0 Å². The van der Waals surface area contributed by atoms with Gasteiger partial charge in [-0.15, -0.1) is 0 Å². The summed E-state index contributed by atoms with van der Waals surface area (Å²) in [6.45, 7) is 0. The van der Waals surface area contributed by atoms with E-state index >= 15 is 0 Å². The van der Waals surface area contributed by atoms with E-state index in [1.54, 1.807) is 16.8 Å².